The number of hydrogen-bond acceptors (Lipinski definition) is 1. The number of benzene rings is 1. The van der Waals surface area contributed by atoms with Crippen molar-refractivity contribution in [2.24, 2.45) is 0 Å². The van der Waals surface area contributed by atoms with Gasteiger partial charge in [0.05, 0.1) is 15.6 Å². The lowest BCUT2D eigenvalue weighted by Crippen LogP contribution is -1.99. The summed E-state index contributed by atoms with van der Waals surface area (Å²) < 4.78 is 0. The van der Waals surface area contributed by atoms with E-state index in [-0.39, 0.29) is 0 Å². The molecule has 18 heavy (non-hydrogen) atoms. The standard InChI is InChI=1S/C15H15Cl2N/c1-9-7-8-11-14(17)10-5-3-2-4-6-12(10)18-15(11)13(9)16/h7-8H,2-6H2,1H3. The first kappa shape index (κ1) is 12.3. The summed E-state index contributed by atoms with van der Waals surface area (Å²) in [6.45, 7) is 2.00. The molecule has 1 aromatic carbocycles. The van der Waals surface area contributed by atoms with Gasteiger partial charge in [0.2, 0.25) is 0 Å². The Morgan fingerprint density at radius 1 is 1.00 bits per heavy atom. The Labute approximate surface area is 117 Å². The molecular weight excluding hydrogens is 265 g/mol. The quantitative estimate of drug-likeness (QED) is 0.610. The molecule has 1 aromatic heterocycles. The predicted molar refractivity (Wildman–Crippen MR) is 77.8 cm³/mol. The van der Waals surface area contributed by atoms with E-state index in [4.69, 9.17) is 28.2 Å². The number of aromatic nitrogens is 1. The third kappa shape index (κ3) is 1.90. The van der Waals surface area contributed by atoms with Crippen molar-refractivity contribution < 1.29 is 0 Å². The Morgan fingerprint density at radius 3 is 2.61 bits per heavy atom. The molecule has 2 aromatic rings. The number of fused-ring (bicyclic) bond motifs is 2. The first-order valence-corrected chi connectivity index (χ1v) is 7.20. The Hall–Kier alpha value is -0.790. The SMILES string of the molecule is Cc1ccc2c(Cl)c3c(nc2c1Cl)CCCCC3. The summed E-state index contributed by atoms with van der Waals surface area (Å²) in [5.41, 5.74) is 4.31. The molecule has 0 amide bonds. The molecule has 3 heteroatoms. The minimum absolute atomic E-state index is 0.737. The van der Waals surface area contributed by atoms with Crippen LogP contribution >= 0.6 is 23.2 Å². The van der Waals surface area contributed by atoms with Crippen LogP contribution in [0.2, 0.25) is 10.0 Å². The summed E-state index contributed by atoms with van der Waals surface area (Å²) in [7, 11) is 0. The van der Waals surface area contributed by atoms with Crippen molar-refractivity contribution in [3.8, 4) is 0 Å². The molecule has 94 valence electrons. The zero-order valence-corrected chi connectivity index (χ0v) is 11.9. The van der Waals surface area contributed by atoms with Gasteiger partial charge in [-0.25, -0.2) is 0 Å². The van der Waals surface area contributed by atoms with Gasteiger partial charge < -0.3 is 0 Å². The van der Waals surface area contributed by atoms with Gasteiger partial charge in [0.25, 0.3) is 0 Å². The van der Waals surface area contributed by atoms with E-state index in [0.717, 1.165) is 45.0 Å². The van der Waals surface area contributed by atoms with Crippen LogP contribution < -0.4 is 0 Å². The maximum absolute atomic E-state index is 6.56. The van der Waals surface area contributed by atoms with Crippen molar-refractivity contribution >= 4 is 34.1 Å². The van der Waals surface area contributed by atoms with Gasteiger partial charge in [-0.2, -0.15) is 0 Å². The van der Waals surface area contributed by atoms with Crippen LogP contribution in [0.1, 0.15) is 36.1 Å². The highest BCUT2D eigenvalue weighted by Gasteiger charge is 2.17. The van der Waals surface area contributed by atoms with E-state index in [2.05, 4.69) is 0 Å². The minimum Gasteiger partial charge on any atom is -0.251 e. The number of pyridine rings is 1. The van der Waals surface area contributed by atoms with Gasteiger partial charge in [0.15, 0.2) is 0 Å². The maximum Gasteiger partial charge on any atom is 0.0909 e. The van der Waals surface area contributed by atoms with Gasteiger partial charge in [0.1, 0.15) is 0 Å². The van der Waals surface area contributed by atoms with Crippen molar-refractivity contribution in [1.82, 2.24) is 4.98 Å². The second-order valence-corrected chi connectivity index (χ2v) is 5.76. The topological polar surface area (TPSA) is 12.9 Å². The van der Waals surface area contributed by atoms with Gasteiger partial charge >= 0.3 is 0 Å². The normalized spacial score (nSPS) is 15.5. The fourth-order valence-corrected chi connectivity index (χ4v) is 3.24. The molecule has 1 nitrogen and oxygen atoms in total. The number of hydrogen-bond donors (Lipinski definition) is 0. The summed E-state index contributed by atoms with van der Waals surface area (Å²) in [5.74, 6) is 0. The monoisotopic (exact) mass is 279 g/mol. The summed E-state index contributed by atoms with van der Waals surface area (Å²) in [5, 5.41) is 2.59. The molecular formula is C15H15Cl2N. The smallest absolute Gasteiger partial charge is 0.0909 e. The number of nitrogens with zero attached hydrogens (tertiary/aromatic N) is 1. The molecule has 0 atom stereocenters. The third-order valence-electron chi connectivity index (χ3n) is 3.75. The van der Waals surface area contributed by atoms with Crippen LogP contribution in [0, 0.1) is 6.92 Å². The van der Waals surface area contributed by atoms with E-state index in [0.29, 0.717) is 0 Å². The average molecular weight is 280 g/mol. The predicted octanol–water partition coefficient (Wildman–Crippen LogP) is 5.12. The third-order valence-corrected chi connectivity index (χ3v) is 4.65. The molecule has 1 aliphatic carbocycles. The van der Waals surface area contributed by atoms with Crippen molar-refractivity contribution in [1.29, 1.82) is 0 Å². The Kier molecular flexibility index (Phi) is 3.21. The first-order valence-electron chi connectivity index (χ1n) is 6.44. The van der Waals surface area contributed by atoms with Crippen molar-refractivity contribution in [3.63, 3.8) is 0 Å². The van der Waals surface area contributed by atoms with E-state index in [1.807, 2.05) is 19.1 Å². The highest BCUT2D eigenvalue weighted by molar-refractivity contribution is 6.40. The fourth-order valence-electron chi connectivity index (χ4n) is 2.68. The van der Waals surface area contributed by atoms with E-state index in [9.17, 15) is 0 Å². The Morgan fingerprint density at radius 2 is 1.78 bits per heavy atom. The van der Waals surface area contributed by atoms with E-state index >= 15 is 0 Å². The molecule has 0 aliphatic heterocycles. The molecule has 0 fully saturated rings. The lowest BCUT2D eigenvalue weighted by atomic mass is 10.0. The molecule has 3 rings (SSSR count). The molecule has 0 radical (unpaired) electrons. The van der Waals surface area contributed by atoms with Crippen LogP contribution in [0.25, 0.3) is 10.9 Å². The molecule has 0 saturated heterocycles. The van der Waals surface area contributed by atoms with Gasteiger partial charge in [-0.3, -0.25) is 4.98 Å². The highest BCUT2D eigenvalue weighted by atomic mass is 35.5. The molecule has 0 bridgehead atoms. The van der Waals surface area contributed by atoms with E-state index in [1.54, 1.807) is 0 Å². The van der Waals surface area contributed by atoms with E-state index < -0.39 is 0 Å². The van der Waals surface area contributed by atoms with Crippen molar-refractivity contribution in [2.45, 2.75) is 39.0 Å². The van der Waals surface area contributed by atoms with Gasteiger partial charge in [-0.15, -0.1) is 0 Å². The zero-order chi connectivity index (χ0) is 12.7. The molecule has 0 N–H and O–H groups in total. The second-order valence-electron chi connectivity index (χ2n) is 5.00. The summed E-state index contributed by atoms with van der Waals surface area (Å²) >= 11 is 12.9. The largest absolute Gasteiger partial charge is 0.251 e. The molecule has 1 aliphatic rings. The molecule has 0 spiro atoms. The molecule has 0 saturated carbocycles. The summed E-state index contributed by atoms with van der Waals surface area (Å²) in [6.07, 6.45) is 5.73. The van der Waals surface area contributed by atoms with Gasteiger partial charge in [-0.1, -0.05) is 41.8 Å². The fraction of sp³-hybridized carbons (Fsp3) is 0.400. The highest BCUT2D eigenvalue weighted by Crippen LogP contribution is 2.35. The number of halogens is 2. The van der Waals surface area contributed by atoms with Crippen LogP contribution in [0.5, 0.6) is 0 Å². The lowest BCUT2D eigenvalue weighted by Gasteiger charge is -2.12. The molecule has 0 unspecified atom stereocenters. The van der Waals surface area contributed by atoms with Crippen LogP contribution in [-0.4, -0.2) is 4.98 Å². The van der Waals surface area contributed by atoms with Crippen molar-refractivity contribution in [2.75, 3.05) is 0 Å². The van der Waals surface area contributed by atoms with Crippen LogP contribution in [0.15, 0.2) is 12.1 Å². The average Bonchev–Trinajstić information content (AvgIpc) is 2.60. The molecule has 1 heterocycles. The van der Waals surface area contributed by atoms with E-state index in [1.165, 1.54) is 24.8 Å². The van der Waals surface area contributed by atoms with Crippen molar-refractivity contribution in [3.05, 3.63) is 39.0 Å². The summed E-state index contributed by atoms with van der Waals surface area (Å²) in [6, 6.07) is 4.05. The Bertz CT molecular complexity index is 620. The maximum atomic E-state index is 6.56. The Balaban J connectivity index is 2.34. The van der Waals surface area contributed by atoms with Gasteiger partial charge in [-0.05, 0) is 43.7 Å². The second kappa shape index (κ2) is 4.71. The zero-order valence-electron chi connectivity index (χ0n) is 10.4. The van der Waals surface area contributed by atoms with Crippen LogP contribution in [0.4, 0.5) is 0 Å². The number of aryl methyl sites for hydroxylation is 2. The van der Waals surface area contributed by atoms with Crippen LogP contribution in [-0.2, 0) is 12.8 Å². The number of rotatable bonds is 0. The lowest BCUT2D eigenvalue weighted by molar-refractivity contribution is 0.709. The van der Waals surface area contributed by atoms with Gasteiger partial charge in [0, 0.05) is 11.1 Å². The van der Waals surface area contributed by atoms with Crippen LogP contribution in [0.3, 0.4) is 0 Å². The first-order chi connectivity index (χ1) is 8.68. The summed E-state index contributed by atoms with van der Waals surface area (Å²) in [4.78, 5) is 4.78. The minimum atomic E-state index is 0.737.